The van der Waals surface area contributed by atoms with E-state index < -0.39 is 0 Å². The number of hydrogen-bond acceptors (Lipinski definition) is 5. The van der Waals surface area contributed by atoms with Crippen molar-refractivity contribution in [1.82, 2.24) is 9.97 Å². The summed E-state index contributed by atoms with van der Waals surface area (Å²) in [7, 11) is 1.62. The Morgan fingerprint density at radius 2 is 2.27 bits per heavy atom. The normalized spacial score (nSPS) is 12.3. The molecule has 1 N–H and O–H groups in total. The highest BCUT2D eigenvalue weighted by Gasteiger charge is 2.09. The number of ether oxygens (including phenoxy) is 1. The molecule has 0 saturated carbocycles. The fraction of sp³-hybridized carbons (Fsp3) is 0.600. The molecule has 0 aliphatic heterocycles. The number of nitrogens with zero attached hydrogens (tertiary/aromatic N) is 2. The second kappa shape index (κ2) is 5.80. The van der Waals surface area contributed by atoms with Crippen LogP contribution in [-0.4, -0.2) is 35.1 Å². The van der Waals surface area contributed by atoms with Gasteiger partial charge in [-0.3, -0.25) is 0 Å². The molecule has 0 spiro atoms. The number of nitrogens with one attached hydrogen (secondary N) is 1. The van der Waals surface area contributed by atoms with Crippen LogP contribution in [0.5, 0.6) is 5.88 Å². The van der Waals surface area contributed by atoms with E-state index in [0.717, 1.165) is 17.1 Å². The average molecular weight is 227 g/mol. The van der Waals surface area contributed by atoms with Crippen molar-refractivity contribution < 1.29 is 4.74 Å². The molecule has 0 radical (unpaired) electrons. The van der Waals surface area contributed by atoms with Crippen LogP contribution in [-0.2, 0) is 0 Å². The molecule has 0 saturated heterocycles. The van der Waals surface area contributed by atoms with Crippen LogP contribution < -0.4 is 10.1 Å². The van der Waals surface area contributed by atoms with Crippen LogP contribution in [0.15, 0.2) is 6.33 Å². The minimum Gasteiger partial charge on any atom is -0.481 e. The van der Waals surface area contributed by atoms with E-state index in [1.54, 1.807) is 7.11 Å². The maximum atomic E-state index is 5.13. The molecule has 0 aromatic carbocycles. The summed E-state index contributed by atoms with van der Waals surface area (Å²) in [5, 5.41) is 3.33. The fourth-order valence-corrected chi connectivity index (χ4v) is 1.89. The van der Waals surface area contributed by atoms with Gasteiger partial charge in [-0.25, -0.2) is 9.97 Å². The van der Waals surface area contributed by atoms with Crippen molar-refractivity contribution in [2.45, 2.75) is 19.9 Å². The van der Waals surface area contributed by atoms with E-state index in [-0.39, 0.29) is 0 Å². The molecule has 1 unspecified atom stereocenters. The first-order valence-corrected chi connectivity index (χ1v) is 6.19. The molecule has 0 bridgehead atoms. The topological polar surface area (TPSA) is 47.0 Å². The van der Waals surface area contributed by atoms with Crippen molar-refractivity contribution in [2.75, 3.05) is 24.4 Å². The van der Waals surface area contributed by atoms with Crippen molar-refractivity contribution in [3.63, 3.8) is 0 Å². The highest BCUT2D eigenvalue weighted by Crippen LogP contribution is 2.20. The average Bonchev–Trinajstić information content (AvgIpc) is 2.21. The predicted octanol–water partition coefficient (Wildman–Crippen LogP) is 1.96. The van der Waals surface area contributed by atoms with E-state index in [0.29, 0.717) is 11.9 Å². The Kier molecular flexibility index (Phi) is 4.68. The number of methoxy groups -OCH3 is 1. The van der Waals surface area contributed by atoms with E-state index in [2.05, 4.69) is 28.5 Å². The van der Waals surface area contributed by atoms with Gasteiger partial charge in [0.25, 0.3) is 0 Å². The second-order valence-corrected chi connectivity index (χ2v) is 4.27. The molecule has 1 rings (SSSR count). The van der Waals surface area contributed by atoms with Gasteiger partial charge in [0.2, 0.25) is 5.88 Å². The Morgan fingerprint density at radius 1 is 1.53 bits per heavy atom. The van der Waals surface area contributed by atoms with E-state index in [9.17, 15) is 0 Å². The van der Waals surface area contributed by atoms with E-state index in [1.807, 2.05) is 18.7 Å². The SMILES string of the molecule is COc1ncnc(NC(C)CSC)c1C. The molecule has 0 amide bonds. The largest absolute Gasteiger partial charge is 0.481 e. The van der Waals surface area contributed by atoms with Crippen LogP contribution in [0.25, 0.3) is 0 Å². The van der Waals surface area contributed by atoms with E-state index in [4.69, 9.17) is 4.74 Å². The number of rotatable bonds is 5. The standard InChI is InChI=1S/C10H17N3OS/c1-7(5-15-4)13-9-8(2)10(14-3)12-6-11-9/h6-7H,5H2,1-4H3,(H,11,12,13). The van der Waals surface area contributed by atoms with Gasteiger partial charge in [-0.1, -0.05) is 0 Å². The van der Waals surface area contributed by atoms with Gasteiger partial charge in [-0.05, 0) is 20.1 Å². The Hall–Kier alpha value is -0.970. The molecular formula is C10H17N3OS. The van der Waals surface area contributed by atoms with Gasteiger partial charge in [0.05, 0.1) is 12.7 Å². The Labute approximate surface area is 94.8 Å². The lowest BCUT2D eigenvalue weighted by Gasteiger charge is -2.15. The van der Waals surface area contributed by atoms with Crippen molar-refractivity contribution >= 4 is 17.6 Å². The maximum Gasteiger partial charge on any atom is 0.221 e. The Morgan fingerprint density at radius 3 is 2.87 bits per heavy atom. The zero-order valence-electron chi connectivity index (χ0n) is 9.57. The zero-order chi connectivity index (χ0) is 11.3. The third-order valence-electron chi connectivity index (χ3n) is 2.03. The monoisotopic (exact) mass is 227 g/mol. The lowest BCUT2D eigenvalue weighted by molar-refractivity contribution is 0.393. The number of hydrogen-bond donors (Lipinski definition) is 1. The van der Waals surface area contributed by atoms with Gasteiger partial charge >= 0.3 is 0 Å². The third kappa shape index (κ3) is 3.27. The minimum absolute atomic E-state index is 0.387. The lowest BCUT2D eigenvalue weighted by atomic mass is 10.3. The quantitative estimate of drug-likeness (QED) is 0.833. The first-order chi connectivity index (χ1) is 7.19. The number of anilines is 1. The summed E-state index contributed by atoms with van der Waals surface area (Å²) >= 11 is 1.81. The molecule has 0 aliphatic carbocycles. The molecule has 1 aromatic rings. The van der Waals surface area contributed by atoms with E-state index >= 15 is 0 Å². The van der Waals surface area contributed by atoms with Crippen LogP contribution in [0.4, 0.5) is 5.82 Å². The summed E-state index contributed by atoms with van der Waals surface area (Å²) in [6, 6.07) is 0.387. The van der Waals surface area contributed by atoms with Crippen molar-refractivity contribution in [3.8, 4) is 5.88 Å². The predicted molar refractivity (Wildman–Crippen MR) is 64.8 cm³/mol. The molecule has 1 heterocycles. The third-order valence-corrected chi connectivity index (χ3v) is 2.86. The highest BCUT2D eigenvalue weighted by atomic mass is 32.2. The molecule has 84 valence electrons. The molecular weight excluding hydrogens is 210 g/mol. The van der Waals surface area contributed by atoms with Gasteiger partial charge in [0.1, 0.15) is 12.1 Å². The minimum atomic E-state index is 0.387. The van der Waals surface area contributed by atoms with Gasteiger partial charge in [-0.15, -0.1) is 0 Å². The lowest BCUT2D eigenvalue weighted by Crippen LogP contribution is -2.19. The maximum absolute atomic E-state index is 5.13. The summed E-state index contributed by atoms with van der Waals surface area (Å²) in [4.78, 5) is 8.23. The van der Waals surface area contributed by atoms with Crippen LogP contribution in [0.2, 0.25) is 0 Å². The molecule has 0 aliphatic rings. The first kappa shape index (κ1) is 12.1. The molecule has 0 fully saturated rings. The van der Waals surface area contributed by atoms with Crippen molar-refractivity contribution in [2.24, 2.45) is 0 Å². The molecule has 15 heavy (non-hydrogen) atoms. The Bertz CT molecular complexity index is 320. The van der Waals surface area contributed by atoms with Gasteiger partial charge in [-0.2, -0.15) is 11.8 Å². The van der Waals surface area contributed by atoms with Crippen molar-refractivity contribution in [1.29, 1.82) is 0 Å². The summed E-state index contributed by atoms with van der Waals surface area (Å²) < 4.78 is 5.13. The van der Waals surface area contributed by atoms with Crippen LogP contribution in [0.3, 0.4) is 0 Å². The Balaban J connectivity index is 2.76. The smallest absolute Gasteiger partial charge is 0.221 e. The summed E-state index contributed by atoms with van der Waals surface area (Å²) in [6.45, 7) is 4.08. The van der Waals surface area contributed by atoms with Crippen molar-refractivity contribution in [3.05, 3.63) is 11.9 Å². The molecule has 1 atom stereocenters. The van der Waals surface area contributed by atoms with Gasteiger partial charge in [0, 0.05) is 11.8 Å². The second-order valence-electron chi connectivity index (χ2n) is 3.36. The van der Waals surface area contributed by atoms with Gasteiger partial charge < -0.3 is 10.1 Å². The molecule has 4 nitrogen and oxygen atoms in total. The first-order valence-electron chi connectivity index (χ1n) is 4.80. The summed E-state index contributed by atoms with van der Waals surface area (Å²) in [6.07, 6.45) is 3.60. The van der Waals surface area contributed by atoms with Crippen LogP contribution >= 0.6 is 11.8 Å². The highest BCUT2D eigenvalue weighted by molar-refractivity contribution is 7.98. The number of aromatic nitrogens is 2. The number of thioether (sulfide) groups is 1. The summed E-state index contributed by atoms with van der Waals surface area (Å²) in [5.41, 5.74) is 0.952. The van der Waals surface area contributed by atoms with Crippen LogP contribution in [0, 0.1) is 6.92 Å². The van der Waals surface area contributed by atoms with Gasteiger partial charge in [0.15, 0.2) is 0 Å². The zero-order valence-corrected chi connectivity index (χ0v) is 10.4. The molecule has 5 heteroatoms. The van der Waals surface area contributed by atoms with Crippen LogP contribution in [0.1, 0.15) is 12.5 Å². The molecule has 1 aromatic heterocycles. The summed E-state index contributed by atoms with van der Waals surface area (Å²) in [5.74, 6) is 2.53. The van der Waals surface area contributed by atoms with E-state index in [1.165, 1.54) is 6.33 Å². The fourth-order valence-electron chi connectivity index (χ4n) is 1.31.